The van der Waals surface area contributed by atoms with Crippen LogP contribution in [-0.2, 0) is 0 Å². The molecule has 0 radical (unpaired) electrons. The molecule has 2 N–H and O–H groups in total. The molecule has 0 bridgehead atoms. The van der Waals surface area contributed by atoms with Crippen LogP contribution in [0.5, 0.6) is 11.5 Å². The third-order valence-electron chi connectivity index (χ3n) is 2.96. The molecular formula is C15H16O4. The number of aromatic hydroxyl groups is 1. The van der Waals surface area contributed by atoms with E-state index < -0.39 is 5.97 Å². The fourth-order valence-electron chi connectivity index (χ4n) is 1.94. The molecule has 0 heterocycles. The van der Waals surface area contributed by atoms with E-state index in [-0.39, 0.29) is 11.3 Å². The van der Waals surface area contributed by atoms with Gasteiger partial charge in [-0.2, -0.15) is 0 Å². The van der Waals surface area contributed by atoms with E-state index in [0.717, 1.165) is 18.2 Å². The topological polar surface area (TPSA) is 66.8 Å². The number of hydrogen-bond acceptors (Lipinski definition) is 3. The second-order valence-corrected chi connectivity index (χ2v) is 4.32. The number of ether oxygens (including phenoxy) is 1. The number of unbranched alkanes of at least 4 members (excludes halogenated alkanes) is 1. The molecule has 0 amide bonds. The van der Waals surface area contributed by atoms with Crippen LogP contribution in [0.3, 0.4) is 0 Å². The number of rotatable bonds is 5. The Bertz CT molecular complexity index is 604. The molecule has 0 aliphatic rings. The minimum absolute atomic E-state index is 0.134. The Balaban J connectivity index is 2.54. The van der Waals surface area contributed by atoms with E-state index in [2.05, 4.69) is 6.92 Å². The van der Waals surface area contributed by atoms with Crippen LogP contribution < -0.4 is 4.74 Å². The average molecular weight is 260 g/mol. The lowest BCUT2D eigenvalue weighted by Crippen LogP contribution is -2.02. The summed E-state index contributed by atoms with van der Waals surface area (Å²) in [6, 6.07) is 8.46. The van der Waals surface area contributed by atoms with Crippen LogP contribution in [0.4, 0.5) is 0 Å². The largest absolute Gasteiger partial charge is 0.506 e. The van der Waals surface area contributed by atoms with Crippen molar-refractivity contribution in [1.29, 1.82) is 0 Å². The van der Waals surface area contributed by atoms with Gasteiger partial charge in [0, 0.05) is 10.8 Å². The lowest BCUT2D eigenvalue weighted by atomic mass is 10.0. The van der Waals surface area contributed by atoms with Crippen molar-refractivity contribution in [2.45, 2.75) is 19.8 Å². The third kappa shape index (κ3) is 2.62. The average Bonchev–Trinajstić information content (AvgIpc) is 2.41. The van der Waals surface area contributed by atoms with E-state index in [1.807, 2.05) is 12.1 Å². The van der Waals surface area contributed by atoms with Gasteiger partial charge in [0.1, 0.15) is 17.1 Å². The van der Waals surface area contributed by atoms with Crippen molar-refractivity contribution in [3.05, 3.63) is 35.9 Å². The maximum atomic E-state index is 11.1. The SMILES string of the molecule is CCCCOc1cc(C(=O)O)c(O)c2ccccc12. The zero-order valence-corrected chi connectivity index (χ0v) is 10.7. The van der Waals surface area contributed by atoms with Crippen molar-refractivity contribution < 1.29 is 19.7 Å². The van der Waals surface area contributed by atoms with Gasteiger partial charge in [-0.1, -0.05) is 37.6 Å². The molecule has 4 heteroatoms. The molecule has 2 rings (SSSR count). The Morgan fingerprint density at radius 1 is 1.26 bits per heavy atom. The molecular weight excluding hydrogens is 244 g/mol. The summed E-state index contributed by atoms with van der Waals surface area (Å²) < 4.78 is 5.63. The minimum Gasteiger partial charge on any atom is -0.506 e. The second-order valence-electron chi connectivity index (χ2n) is 4.32. The van der Waals surface area contributed by atoms with E-state index in [0.29, 0.717) is 17.7 Å². The number of fused-ring (bicyclic) bond motifs is 1. The van der Waals surface area contributed by atoms with Crippen molar-refractivity contribution in [2.75, 3.05) is 6.61 Å². The molecule has 19 heavy (non-hydrogen) atoms. The van der Waals surface area contributed by atoms with Crippen molar-refractivity contribution in [2.24, 2.45) is 0 Å². The van der Waals surface area contributed by atoms with Crippen molar-refractivity contribution in [3.8, 4) is 11.5 Å². The van der Waals surface area contributed by atoms with Crippen LogP contribution >= 0.6 is 0 Å². The van der Waals surface area contributed by atoms with Crippen LogP contribution in [-0.4, -0.2) is 22.8 Å². The number of hydrogen-bond donors (Lipinski definition) is 2. The highest BCUT2D eigenvalue weighted by Crippen LogP contribution is 2.36. The molecule has 0 aromatic heterocycles. The number of benzene rings is 2. The monoisotopic (exact) mass is 260 g/mol. The third-order valence-corrected chi connectivity index (χ3v) is 2.96. The maximum Gasteiger partial charge on any atom is 0.339 e. The standard InChI is InChI=1S/C15H16O4/c1-2-3-8-19-13-9-12(15(17)18)14(16)11-7-5-4-6-10(11)13/h4-7,9,16H,2-3,8H2,1H3,(H,17,18). The van der Waals surface area contributed by atoms with Gasteiger partial charge < -0.3 is 14.9 Å². The zero-order chi connectivity index (χ0) is 13.8. The highest BCUT2D eigenvalue weighted by molar-refractivity contribution is 6.03. The van der Waals surface area contributed by atoms with Crippen LogP contribution in [0.1, 0.15) is 30.1 Å². The summed E-state index contributed by atoms with van der Waals surface area (Å²) in [5, 5.41) is 20.3. The van der Waals surface area contributed by atoms with Crippen molar-refractivity contribution in [1.82, 2.24) is 0 Å². The summed E-state index contributed by atoms with van der Waals surface area (Å²) >= 11 is 0. The van der Waals surface area contributed by atoms with Gasteiger partial charge in [-0.15, -0.1) is 0 Å². The number of carboxylic acid groups (broad SMARTS) is 1. The number of phenols is 1. The molecule has 0 spiro atoms. The van der Waals surface area contributed by atoms with Crippen molar-refractivity contribution >= 4 is 16.7 Å². The number of aromatic carboxylic acids is 1. The molecule has 100 valence electrons. The minimum atomic E-state index is -1.16. The number of carboxylic acids is 1. The van der Waals surface area contributed by atoms with Gasteiger partial charge >= 0.3 is 5.97 Å². The van der Waals surface area contributed by atoms with E-state index >= 15 is 0 Å². The quantitative estimate of drug-likeness (QED) is 0.808. The molecule has 0 atom stereocenters. The smallest absolute Gasteiger partial charge is 0.339 e. The maximum absolute atomic E-state index is 11.1. The van der Waals surface area contributed by atoms with Gasteiger partial charge in [0.15, 0.2) is 0 Å². The first-order chi connectivity index (χ1) is 9.15. The Morgan fingerprint density at radius 3 is 2.58 bits per heavy atom. The van der Waals surface area contributed by atoms with E-state index in [4.69, 9.17) is 9.84 Å². The zero-order valence-electron chi connectivity index (χ0n) is 10.7. The van der Waals surface area contributed by atoms with Crippen LogP contribution in [0.2, 0.25) is 0 Å². The Hall–Kier alpha value is -2.23. The summed E-state index contributed by atoms with van der Waals surface area (Å²) in [6.07, 6.45) is 1.90. The summed E-state index contributed by atoms with van der Waals surface area (Å²) in [6.45, 7) is 2.59. The molecule has 4 nitrogen and oxygen atoms in total. The van der Waals surface area contributed by atoms with Crippen LogP contribution in [0.15, 0.2) is 30.3 Å². The molecule has 0 unspecified atom stereocenters. The predicted octanol–water partition coefficient (Wildman–Crippen LogP) is 3.42. The lowest BCUT2D eigenvalue weighted by Gasteiger charge is -2.12. The van der Waals surface area contributed by atoms with Crippen molar-refractivity contribution in [3.63, 3.8) is 0 Å². The Labute approximate surface area is 111 Å². The highest BCUT2D eigenvalue weighted by Gasteiger charge is 2.16. The van der Waals surface area contributed by atoms with E-state index in [1.165, 1.54) is 6.07 Å². The summed E-state index contributed by atoms with van der Waals surface area (Å²) in [5.74, 6) is -0.881. The van der Waals surface area contributed by atoms with E-state index in [9.17, 15) is 9.90 Å². The molecule has 0 saturated carbocycles. The van der Waals surface area contributed by atoms with Gasteiger partial charge in [-0.05, 0) is 12.5 Å². The van der Waals surface area contributed by atoms with Gasteiger partial charge in [0.25, 0.3) is 0 Å². The predicted molar refractivity (Wildman–Crippen MR) is 73.0 cm³/mol. The first kappa shape index (κ1) is 13.2. The van der Waals surface area contributed by atoms with Gasteiger partial charge in [-0.25, -0.2) is 4.79 Å². The second kappa shape index (κ2) is 5.61. The first-order valence-corrected chi connectivity index (χ1v) is 6.26. The summed E-state index contributed by atoms with van der Waals surface area (Å²) in [7, 11) is 0. The van der Waals surface area contributed by atoms with Crippen LogP contribution in [0.25, 0.3) is 10.8 Å². The van der Waals surface area contributed by atoms with Crippen LogP contribution in [0, 0.1) is 0 Å². The van der Waals surface area contributed by atoms with Gasteiger partial charge in [0.05, 0.1) is 6.61 Å². The lowest BCUT2D eigenvalue weighted by molar-refractivity contribution is 0.0693. The molecule has 0 aliphatic carbocycles. The molecule has 0 aliphatic heterocycles. The summed E-state index contributed by atoms with van der Waals surface area (Å²) in [5.41, 5.74) is -0.134. The Morgan fingerprint density at radius 2 is 1.95 bits per heavy atom. The highest BCUT2D eigenvalue weighted by atomic mass is 16.5. The Kier molecular flexibility index (Phi) is 3.90. The fraction of sp³-hybridized carbons (Fsp3) is 0.267. The van der Waals surface area contributed by atoms with Gasteiger partial charge in [0.2, 0.25) is 0 Å². The molecule has 2 aromatic rings. The summed E-state index contributed by atoms with van der Waals surface area (Å²) in [4.78, 5) is 11.1. The molecule has 0 saturated heterocycles. The molecule has 2 aromatic carbocycles. The fourth-order valence-corrected chi connectivity index (χ4v) is 1.94. The molecule has 0 fully saturated rings. The normalized spacial score (nSPS) is 10.6. The number of carbonyl (C=O) groups is 1. The van der Waals surface area contributed by atoms with E-state index in [1.54, 1.807) is 12.1 Å². The first-order valence-electron chi connectivity index (χ1n) is 6.26. The van der Waals surface area contributed by atoms with Gasteiger partial charge in [-0.3, -0.25) is 0 Å².